The van der Waals surface area contributed by atoms with E-state index in [1.165, 1.54) is 24.6 Å². The molecule has 0 bridgehead atoms. The van der Waals surface area contributed by atoms with Gasteiger partial charge in [0.15, 0.2) is 11.6 Å². The molecule has 1 atom stereocenters. The van der Waals surface area contributed by atoms with Gasteiger partial charge in [-0.1, -0.05) is 24.6 Å². The summed E-state index contributed by atoms with van der Waals surface area (Å²) in [7, 11) is 0. The van der Waals surface area contributed by atoms with Gasteiger partial charge in [-0.05, 0) is 49.9 Å². The van der Waals surface area contributed by atoms with Crippen LogP contribution in [0.2, 0.25) is 5.02 Å². The van der Waals surface area contributed by atoms with Crippen molar-refractivity contribution in [1.29, 1.82) is 0 Å². The third kappa shape index (κ3) is 3.90. The summed E-state index contributed by atoms with van der Waals surface area (Å²) in [6.45, 7) is 3.13. The highest BCUT2D eigenvalue weighted by atomic mass is 35.5. The molecule has 1 unspecified atom stereocenters. The number of halogens is 2. The molecule has 2 heterocycles. The summed E-state index contributed by atoms with van der Waals surface area (Å²) in [5.74, 6) is -0.255. The van der Waals surface area contributed by atoms with Crippen LogP contribution in [0.5, 0.6) is 0 Å². The van der Waals surface area contributed by atoms with Crippen molar-refractivity contribution in [1.82, 2.24) is 10.2 Å². The fraction of sp³-hybridized carbons (Fsp3) is 0.389. The lowest BCUT2D eigenvalue weighted by molar-refractivity contribution is 0.102. The van der Waals surface area contributed by atoms with Crippen LogP contribution in [0.25, 0.3) is 0 Å². The van der Waals surface area contributed by atoms with E-state index in [0.29, 0.717) is 6.04 Å². The molecule has 1 aliphatic rings. The fourth-order valence-electron chi connectivity index (χ4n) is 3.17. The Hall–Kier alpha value is -2.21. The molecule has 1 amide bonds. The van der Waals surface area contributed by atoms with Crippen molar-refractivity contribution in [3.05, 3.63) is 46.7 Å². The average molecular weight is 363 g/mol. The number of aromatic nitrogens is 2. The number of anilines is 2. The zero-order chi connectivity index (χ0) is 17.8. The second-order valence-corrected chi connectivity index (χ2v) is 6.49. The Morgan fingerprint density at radius 3 is 2.84 bits per heavy atom. The van der Waals surface area contributed by atoms with Crippen molar-refractivity contribution < 1.29 is 9.18 Å². The number of piperidine rings is 1. The standard InChI is InChI=1S/C18H20ClFN4O/c1-2-12-6-3-4-11-24(12)16-10-9-15(22-23-16)21-18(25)17-13(19)7-5-8-14(17)20/h5,7-10,12H,2-4,6,11H2,1H3,(H,21,22,25). The lowest BCUT2D eigenvalue weighted by Crippen LogP contribution is -2.39. The second kappa shape index (κ2) is 7.78. The number of carbonyl (C=O) groups excluding carboxylic acids is 1. The molecular weight excluding hydrogens is 343 g/mol. The number of hydrogen-bond acceptors (Lipinski definition) is 4. The van der Waals surface area contributed by atoms with Crippen molar-refractivity contribution in [2.24, 2.45) is 0 Å². The zero-order valence-corrected chi connectivity index (χ0v) is 14.8. The molecule has 132 valence electrons. The fourth-order valence-corrected chi connectivity index (χ4v) is 3.41. The van der Waals surface area contributed by atoms with E-state index in [1.54, 1.807) is 6.07 Å². The Morgan fingerprint density at radius 2 is 2.16 bits per heavy atom. The van der Waals surface area contributed by atoms with Gasteiger partial charge in [0.05, 0.1) is 10.6 Å². The molecule has 3 rings (SSSR count). The van der Waals surface area contributed by atoms with E-state index < -0.39 is 11.7 Å². The Bertz CT molecular complexity index is 733. The van der Waals surface area contributed by atoms with Gasteiger partial charge in [-0.3, -0.25) is 4.79 Å². The minimum absolute atomic E-state index is 0.0567. The SMILES string of the molecule is CCC1CCCCN1c1ccc(NC(=O)c2c(F)cccc2Cl)nn1. The van der Waals surface area contributed by atoms with Crippen LogP contribution in [0.1, 0.15) is 43.0 Å². The van der Waals surface area contributed by atoms with Crippen molar-refractivity contribution in [3.63, 3.8) is 0 Å². The van der Waals surface area contributed by atoms with E-state index in [4.69, 9.17) is 11.6 Å². The molecule has 7 heteroatoms. The molecule has 0 saturated carbocycles. The van der Waals surface area contributed by atoms with E-state index in [-0.39, 0.29) is 16.4 Å². The van der Waals surface area contributed by atoms with Crippen LogP contribution in [0.15, 0.2) is 30.3 Å². The van der Waals surface area contributed by atoms with Crippen molar-refractivity contribution in [3.8, 4) is 0 Å². The van der Waals surface area contributed by atoms with E-state index in [2.05, 4.69) is 27.3 Å². The van der Waals surface area contributed by atoms with Crippen molar-refractivity contribution in [2.45, 2.75) is 38.6 Å². The van der Waals surface area contributed by atoms with Gasteiger partial charge in [0.2, 0.25) is 0 Å². The molecule has 1 aliphatic heterocycles. The van der Waals surface area contributed by atoms with Crippen LogP contribution in [-0.4, -0.2) is 28.7 Å². The second-order valence-electron chi connectivity index (χ2n) is 6.08. The van der Waals surface area contributed by atoms with Gasteiger partial charge in [0.1, 0.15) is 5.82 Å². The smallest absolute Gasteiger partial charge is 0.261 e. The minimum atomic E-state index is -0.673. The number of amides is 1. The van der Waals surface area contributed by atoms with Gasteiger partial charge in [-0.25, -0.2) is 4.39 Å². The van der Waals surface area contributed by atoms with Crippen LogP contribution in [-0.2, 0) is 0 Å². The predicted octanol–water partition coefficient (Wildman–Crippen LogP) is 4.29. The average Bonchev–Trinajstić information content (AvgIpc) is 2.62. The van der Waals surface area contributed by atoms with Gasteiger partial charge in [0, 0.05) is 12.6 Å². The highest BCUT2D eigenvalue weighted by Gasteiger charge is 2.22. The Morgan fingerprint density at radius 1 is 1.32 bits per heavy atom. The summed E-state index contributed by atoms with van der Waals surface area (Å²) in [4.78, 5) is 14.5. The quantitative estimate of drug-likeness (QED) is 0.881. The summed E-state index contributed by atoms with van der Waals surface area (Å²) < 4.78 is 13.8. The van der Waals surface area contributed by atoms with Crippen LogP contribution in [0.4, 0.5) is 16.0 Å². The third-order valence-corrected chi connectivity index (χ3v) is 4.79. The summed E-state index contributed by atoms with van der Waals surface area (Å²) in [6.07, 6.45) is 4.59. The summed E-state index contributed by atoms with van der Waals surface area (Å²) in [5, 5.41) is 10.9. The first-order valence-electron chi connectivity index (χ1n) is 8.46. The number of benzene rings is 1. The highest BCUT2D eigenvalue weighted by molar-refractivity contribution is 6.34. The van der Waals surface area contributed by atoms with E-state index in [9.17, 15) is 9.18 Å². The molecule has 1 N–H and O–H groups in total. The maximum absolute atomic E-state index is 13.8. The molecule has 1 saturated heterocycles. The first-order chi connectivity index (χ1) is 12.1. The maximum Gasteiger partial charge on any atom is 0.261 e. The molecule has 0 aliphatic carbocycles. The van der Waals surface area contributed by atoms with E-state index in [0.717, 1.165) is 31.6 Å². The van der Waals surface area contributed by atoms with Gasteiger partial charge in [-0.2, -0.15) is 0 Å². The monoisotopic (exact) mass is 362 g/mol. The van der Waals surface area contributed by atoms with Gasteiger partial charge < -0.3 is 10.2 Å². The third-order valence-electron chi connectivity index (χ3n) is 4.47. The molecule has 1 aromatic carbocycles. The molecule has 25 heavy (non-hydrogen) atoms. The number of carbonyl (C=O) groups is 1. The number of nitrogens with one attached hydrogen (secondary N) is 1. The first kappa shape index (κ1) is 17.6. The van der Waals surface area contributed by atoms with E-state index >= 15 is 0 Å². The molecule has 2 aromatic rings. The molecule has 0 radical (unpaired) electrons. The predicted molar refractivity (Wildman–Crippen MR) is 96.7 cm³/mol. The summed E-state index contributed by atoms with van der Waals surface area (Å²) in [5.41, 5.74) is -0.197. The lowest BCUT2D eigenvalue weighted by atomic mass is 10.0. The van der Waals surface area contributed by atoms with Crippen LogP contribution < -0.4 is 10.2 Å². The van der Waals surface area contributed by atoms with Crippen LogP contribution in [0, 0.1) is 5.82 Å². The van der Waals surface area contributed by atoms with Crippen molar-refractivity contribution in [2.75, 3.05) is 16.8 Å². The van der Waals surface area contributed by atoms with E-state index in [1.807, 2.05) is 6.07 Å². The van der Waals surface area contributed by atoms with Crippen LogP contribution in [0.3, 0.4) is 0 Å². The Balaban J connectivity index is 1.73. The molecule has 5 nitrogen and oxygen atoms in total. The van der Waals surface area contributed by atoms with Gasteiger partial charge in [-0.15, -0.1) is 10.2 Å². The zero-order valence-electron chi connectivity index (χ0n) is 14.0. The normalized spacial score (nSPS) is 17.4. The van der Waals surface area contributed by atoms with Crippen molar-refractivity contribution >= 4 is 29.1 Å². The largest absolute Gasteiger partial charge is 0.352 e. The number of nitrogens with zero attached hydrogens (tertiary/aromatic N) is 3. The molecular formula is C18H20ClFN4O. The van der Waals surface area contributed by atoms with Gasteiger partial charge >= 0.3 is 0 Å². The van der Waals surface area contributed by atoms with Crippen LogP contribution >= 0.6 is 11.6 Å². The Labute approximate surface area is 151 Å². The maximum atomic E-state index is 13.8. The molecule has 0 spiro atoms. The molecule has 1 aromatic heterocycles. The highest BCUT2D eigenvalue weighted by Crippen LogP contribution is 2.25. The van der Waals surface area contributed by atoms with Gasteiger partial charge in [0.25, 0.3) is 5.91 Å². The summed E-state index contributed by atoms with van der Waals surface area (Å²) in [6, 6.07) is 8.09. The minimum Gasteiger partial charge on any atom is -0.352 e. The molecule has 1 fully saturated rings. The summed E-state index contributed by atoms with van der Waals surface area (Å²) >= 11 is 5.91. The topological polar surface area (TPSA) is 58.1 Å². The number of rotatable bonds is 4. The number of hydrogen-bond donors (Lipinski definition) is 1. The first-order valence-corrected chi connectivity index (χ1v) is 8.83. The lowest BCUT2D eigenvalue weighted by Gasteiger charge is -2.35. The Kier molecular flexibility index (Phi) is 5.48.